The van der Waals surface area contributed by atoms with E-state index in [-0.39, 0.29) is 30.8 Å². The number of carbonyl (C=O) groups is 2. The van der Waals surface area contributed by atoms with Crippen molar-refractivity contribution in [3.05, 3.63) is 40.4 Å². The average Bonchev–Trinajstić information content (AvgIpc) is 3.19. The Morgan fingerprint density at radius 2 is 1.97 bits per heavy atom. The van der Waals surface area contributed by atoms with Gasteiger partial charge in [-0.05, 0) is 54.9 Å². The highest BCUT2D eigenvalue weighted by atomic mass is 32.1. The average molecular weight is 475 g/mol. The molecular formula is C24H30N2O6S. The molecule has 1 aromatic heterocycles. The predicted molar refractivity (Wildman–Crippen MR) is 124 cm³/mol. The number of aliphatic hydroxyl groups is 2. The van der Waals surface area contributed by atoms with Crippen LogP contribution in [0.15, 0.2) is 24.3 Å². The quantitative estimate of drug-likeness (QED) is 0.506. The summed E-state index contributed by atoms with van der Waals surface area (Å²) in [6.45, 7) is 3.77. The van der Waals surface area contributed by atoms with Crippen molar-refractivity contribution in [3.8, 4) is 5.75 Å². The molecule has 2 aliphatic rings. The molecule has 0 bridgehead atoms. The summed E-state index contributed by atoms with van der Waals surface area (Å²) in [5.74, 6) is -1.05. The van der Waals surface area contributed by atoms with Crippen LogP contribution in [-0.4, -0.2) is 52.0 Å². The van der Waals surface area contributed by atoms with Crippen LogP contribution < -0.4 is 10.1 Å². The van der Waals surface area contributed by atoms with Crippen LogP contribution in [0.3, 0.4) is 0 Å². The lowest BCUT2D eigenvalue weighted by Gasteiger charge is -2.58. The van der Waals surface area contributed by atoms with Crippen LogP contribution in [0.2, 0.25) is 0 Å². The molecule has 2 aliphatic carbocycles. The Morgan fingerprint density at radius 1 is 1.27 bits per heavy atom. The molecule has 4 rings (SSSR count). The van der Waals surface area contributed by atoms with Crippen molar-refractivity contribution in [2.75, 3.05) is 19.0 Å². The fraction of sp³-hybridized carbons (Fsp3) is 0.542. The number of aliphatic carboxylic acids is 1. The standard InChI is InChI=1S/C24H30N2O6S/c1-23-9-8-18(28)24(2,12-27)17(23)11-16-20(15(23)10-19(29)30)25-22(33-16)26-21(31)13-4-6-14(32-3)7-5-13/h4-7,15,17-18,27-28H,8-12H2,1-3H3,(H,29,30)(H,25,26,31)/t15-,17+,18-,23+,24+/m1/s1. The number of carbonyl (C=O) groups excluding carboxylic acids is 1. The third-order valence-corrected chi connectivity index (χ3v) is 8.85. The number of hydrogen-bond donors (Lipinski definition) is 4. The van der Waals surface area contributed by atoms with Crippen LogP contribution in [0.5, 0.6) is 5.75 Å². The van der Waals surface area contributed by atoms with Gasteiger partial charge in [-0.15, -0.1) is 11.3 Å². The summed E-state index contributed by atoms with van der Waals surface area (Å²) in [6.07, 6.45) is 0.978. The molecule has 1 aromatic carbocycles. The number of nitrogens with one attached hydrogen (secondary N) is 1. The van der Waals surface area contributed by atoms with Gasteiger partial charge in [0, 0.05) is 21.8 Å². The van der Waals surface area contributed by atoms with E-state index in [4.69, 9.17) is 4.74 Å². The summed E-state index contributed by atoms with van der Waals surface area (Å²) in [4.78, 5) is 30.1. The molecule has 0 spiro atoms. The summed E-state index contributed by atoms with van der Waals surface area (Å²) < 4.78 is 5.13. The number of aromatic nitrogens is 1. The highest BCUT2D eigenvalue weighted by Crippen LogP contribution is 2.62. The van der Waals surface area contributed by atoms with E-state index in [1.165, 1.54) is 11.3 Å². The summed E-state index contributed by atoms with van der Waals surface area (Å²) >= 11 is 1.34. The first-order valence-electron chi connectivity index (χ1n) is 11.1. The van der Waals surface area contributed by atoms with E-state index in [2.05, 4.69) is 17.2 Å². The molecule has 2 aromatic rings. The molecule has 9 heteroatoms. The van der Waals surface area contributed by atoms with Gasteiger partial charge in [0.05, 0.1) is 31.9 Å². The maximum Gasteiger partial charge on any atom is 0.304 e. The van der Waals surface area contributed by atoms with Gasteiger partial charge in [0.1, 0.15) is 5.75 Å². The van der Waals surface area contributed by atoms with E-state index in [9.17, 15) is 24.9 Å². The molecule has 5 atom stereocenters. The SMILES string of the molecule is COc1ccc(C(=O)Nc2nc3c(s2)C[C@@H]2[C@](C)(CO)[C@H](O)CC[C@@]2(C)[C@@H]3CC(=O)O)cc1. The van der Waals surface area contributed by atoms with E-state index < -0.39 is 22.9 Å². The zero-order valence-corrected chi connectivity index (χ0v) is 19.8. The van der Waals surface area contributed by atoms with Gasteiger partial charge in [-0.25, -0.2) is 4.98 Å². The lowest BCUT2D eigenvalue weighted by molar-refractivity contribution is -0.150. The first-order valence-corrected chi connectivity index (χ1v) is 11.9. The predicted octanol–water partition coefficient (Wildman–Crippen LogP) is 3.29. The second kappa shape index (κ2) is 8.70. The molecule has 4 N–H and O–H groups in total. The van der Waals surface area contributed by atoms with Gasteiger partial charge in [-0.3, -0.25) is 14.9 Å². The van der Waals surface area contributed by atoms with Gasteiger partial charge in [0.2, 0.25) is 0 Å². The number of nitrogens with zero attached hydrogens (tertiary/aromatic N) is 1. The van der Waals surface area contributed by atoms with Crippen LogP contribution >= 0.6 is 11.3 Å². The van der Waals surface area contributed by atoms with E-state index in [1.807, 2.05) is 6.92 Å². The van der Waals surface area contributed by atoms with Gasteiger partial charge in [-0.2, -0.15) is 0 Å². The van der Waals surface area contributed by atoms with Gasteiger partial charge >= 0.3 is 5.97 Å². The van der Waals surface area contributed by atoms with Crippen molar-refractivity contribution >= 4 is 28.3 Å². The van der Waals surface area contributed by atoms with Gasteiger partial charge in [0.15, 0.2) is 5.13 Å². The minimum Gasteiger partial charge on any atom is -0.497 e. The Hall–Kier alpha value is -2.49. The number of benzene rings is 1. The minimum atomic E-state index is -0.915. The van der Waals surface area contributed by atoms with E-state index in [0.717, 1.165) is 4.88 Å². The number of ether oxygens (including phenoxy) is 1. The van der Waals surface area contributed by atoms with Crippen molar-refractivity contribution < 1.29 is 29.6 Å². The molecule has 1 heterocycles. The van der Waals surface area contributed by atoms with Crippen LogP contribution in [0.25, 0.3) is 0 Å². The lowest BCUT2D eigenvalue weighted by Crippen LogP contribution is -2.57. The number of aliphatic hydroxyl groups excluding tert-OH is 2. The van der Waals surface area contributed by atoms with Gasteiger partial charge < -0.3 is 20.1 Å². The molecule has 0 aliphatic heterocycles. The Morgan fingerprint density at radius 3 is 2.58 bits per heavy atom. The fourth-order valence-corrected chi connectivity index (χ4v) is 6.85. The van der Waals surface area contributed by atoms with E-state index >= 15 is 0 Å². The highest BCUT2D eigenvalue weighted by Gasteiger charge is 2.59. The van der Waals surface area contributed by atoms with Crippen molar-refractivity contribution in [1.82, 2.24) is 4.98 Å². The normalized spacial score (nSPS) is 30.8. The van der Waals surface area contributed by atoms with E-state index in [0.29, 0.717) is 41.4 Å². The lowest BCUT2D eigenvalue weighted by atomic mass is 9.47. The molecule has 0 radical (unpaired) electrons. The maximum absolute atomic E-state index is 12.7. The molecule has 8 nitrogen and oxygen atoms in total. The number of thiazole rings is 1. The second-order valence-corrected chi connectivity index (χ2v) is 10.7. The number of rotatable bonds is 6. The molecule has 33 heavy (non-hydrogen) atoms. The largest absolute Gasteiger partial charge is 0.497 e. The first kappa shape index (κ1) is 23.7. The Labute approximate surface area is 196 Å². The Balaban J connectivity index is 1.68. The zero-order chi connectivity index (χ0) is 24.0. The summed E-state index contributed by atoms with van der Waals surface area (Å²) in [5.41, 5.74) is -0.00344. The number of hydrogen-bond acceptors (Lipinski definition) is 7. The van der Waals surface area contributed by atoms with Crippen LogP contribution in [0.1, 0.15) is 60.0 Å². The smallest absolute Gasteiger partial charge is 0.304 e. The topological polar surface area (TPSA) is 129 Å². The molecule has 0 unspecified atom stereocenters. The van der Waals surface area contributed by atoms with Crippen molar-refractivity contribution in [1.29, 1.82) is 0 Å². The molecule has 1 amide bonds. The van der Waals surface area contributed by atoms with Gasteiger partial charge in [0.25, 0.3) is 5.91 Å². The molecule has 178 valence electrons. The van der Waals surface area contributed by atoms with E-state index in [1.54, 1.807) is 31.4 Å². The fourth-order valence-electron chi connectivity index (χ4n) is 5.79. The number of carboxylic acids is 1. The van der Waals surface area contributed by atoms with Crippen molar-refractivity contribution in [3.63, 3.8) is 0 Å². The zero-order valence-electron chi connectivity index (χ0n) is 19.0. The summed E-state index contributed by atoms with van der Waals surface area (Å²) in [7, 11) is 1.56. The number of methoxy groups -OCH3 is 1. The molecular weight excluding hydrogens is 444 g/mol. The van der Waals surface area contributed by atoms with Crippen molar-refractivity contribution in [2.24, 2.45) is 16.7 Å². The highest BCUT2D eigenvalue weighted by molar-refractivity contribution is 7.15. The third kappa shape index (κ3) is 4.02. The number of amides is 1. The van der Waals surface area contributed by atoms with Crippen LogP contribution in [0, 0.1) is 16.7 Å². The Kier molecular flexibility index (Phi) is 6.24. The van der Waals surface area contributed by atoms with Crippen LogP contribution in [-0.2, 0) is 11.2 Å². The first-order chi connectivity index (χ1) is 15.6. The minimum absolute atomic E-state index is 0.0901. The summed E-state index contributed by atoms with van der Waals surface area (Å²) in [6, 6.07) is 6.74. The van der Waals surface area contributed by atoms with Gasteiger partial charge in [-0.1, -0.05) is 13.8 Å². The number of carboxylic acid groups (broad SMARTS) is 1. The summed E-state index contributed by atoms with van der Waals surface area (Å²) in [5, 5.41) is 33.9. The number of fused-ring (bicyclic) bond motifs is 2. The molecule has 0 saturated heterocycles. The van der Waals surface area contributed by atoms with Crippen LogP contribution in [0.4, 0.5) is 5.13 Å². The Bertz CT molecular complexity index is 1050. The maximum atomic E-state index is 12.7. The number of anilines is 1. The third-order valence-electron chi connectivity index (χ3n) is 7.85. The molecule has 1 saturated carbocycles. The van der Waals surface area contributed by atoms with Crippen molar-refractivity contribution in [2.45, 2.75) is 51.6 Å². The second-order valence-electron chi connectivity index (χ2n) is 9.64. The molecule has 1 fully saturated rings. The monoisotopic (exact) mass is 474 g/mol.